The van der Waals surface area contributed by atoms with Gasteiger partial charge in [0, 0.05) is 17.2 Å². The summed E-state index contributed by atoms with van der Waals surface area (Å²) in [5, 5.41) is -0.0989. The van der Waals surface area contributed by atoms with Gasteiger partial charge in [0.25, 0.3) is 11.8 Å². The lowest BCUT2D eigenvalue weighted by Gasteiger charge is -2.18. The van der Waals surface area contributed by atoms with Gasteiger partial charge in [-0.25, -0.2) is 14.1 Å². The number of hydrogen-bond donors (Lipinski definition) is 0. The van der Waals surface area contributed by atoms with Crippen molar-refractivity contribution in [3.05, 3.63) is 34.1 Å². The summed E-state index contributed by atoms with van der Waals surface area (Å²) in [6, 6.07) is 2.08. The number of halogens is 3. The molecule has 1 aromatic rings. The molecule has 0 bridgehead atoms. The van der Waals surface area contributed by atoms with Gasteiger partial charge in [-0.15, -0.1) is 11.6 Å². The Hall–Kier alpha value is -2.12. The van der Waals surface area contributed by atoms with Gasteiger partial charge in [0.05, 0.1) is 16.6 Å². The second-order valence-corrected chi connectivity index (χ2v) is 6.83. The number of amides is 2. The molecule has 0 N–H and O–H groups in total. The van der Waals surface area contributed by atoms with Crippen LogP contribution in [0.15, 0.2) is 23.3 Å². The fourth-order valence-electron chi connectivity index (χ4n) is 3.09. The molecule has 1 aliphatic carbocycles. The van der Waals surface area contributed by atoms with Crippen molar-refractivity contribution in [1.82, 2.24) is 0 Å². The zero-order valence-corrected chi connectivity index (χ0v) is 15.7. The number of ether oxygens (including phenoxy) is 2. The highest BCUT2D eigenvalue weighted by Crippen LogP contribution is 2.39. The number of nitrogens with zero attached hydrogens (tertiary/aromatic N) is 1. The van der Waals surface area contributed by atoms with Gasteiger partial charge in [-0.05, 0) is 31.7 Å². The van der Waals surface area contributed by atoms with Gasteiger partial charge in [-0.2, -0.15) is 0 Å². The number of benzene rings is 1. The van der Waals surface area contributed by atoms with Gasteiger partial charge in [0.15, 0.2) is 6.61 Å². The first-order chi connectivity index (χ1) is 12.9. The Labute approximate surface area is 164 Å². The van der Waals surface area contributed by atoms with E-state index in [0.29, 0.717) is 24.0 Å². The average molecular weight is 416 g/mol. The maximum atomic E-state index is 14.5. The first kappa shape index (κ1) is 19.6. The molecular weight excluding hydrogens is 400 g/mol. The molecule has 2 aliphatic rings. The van der Waals surface area contributed by atoms with E-state index >= 15 is 0 Å². The summed E-state index contributed by atoms with van der Waals surface area (Å²) < 4.78 is 24.5. The minimum atomic E-state index is -0.835. The van der Waals surface area contributed by atoms with E-state index in [1.807, 2.05) is 0 Å². The predicted molar refractivity (Wildman–Crippen MR) is 96.6 cm³/mol. The fraction of sp³-hybridized carbons (Fsp3) is 0.389. The Balaban J connectivity index is 1.83. The van der Waals surface area contributed by atoms with E-state index in [1.165, 1.54) is 0 Å². The topological polar surface area (TPSA) is 72.9 Å². The molecule has 0 spiro atoms. The lowest BCUT2D eigenvalue weighted by Crippen LogP contribution is -2.32. The molecular formula is C18H16Cl2FNO5. The highest BCUT2D eigenvalue weighted by Gasteiger charge is 2.41. The van der Waals surface area contributed by atoms with Gasteiger partial charge in [0.1, 0.15) is 18.2 Å². The quantitative estimate of drug-likeness (QED) is 0.404. The molecule has 1 aliphatic heterocycles. The lowest BCUT2D eigenvalue weighted by atomic mass is 9.93. The van der Waals surface area contributed by atoms with Crippen molar-refractivity contribution < 1.29 is 28.2 Å². The summed E-state index contributed by atoms with van der Waals surface area (Å²) in [6.45, 7) is -0.446. The van der Waals surface area contributed by atoms with Crippen molar-refractivity contribution in [2.45, 2.75) is 25.7 Å². The maximum Gasteiger partial charge on any atom is 0.344 e. The lowest BCUT2D eigenvalue weighted by molar-refractivity contribution is -0.145. The van der Waals surface area contributed by atoms with Crippen LogP contribution in [0.4, 0.5) is 10.1 Å². The minimum Gasteiger partial charge on any atom is -0.480 e. The molecule has 0 unspecified atom stereocenters. The van der Waals surface area contributed by atoms with Crippen molar-refractivity contribution in [3.8, 4) is 5.75 Å². The van der Waals surface area contributed by atoms with Crippen LogP contribution in [0.2, 0.25) is 5.02 Å². The molecule has 1 heterocycles. The predicted octanol–water partition coefficient (Wildman–Crippen LogP) is 3.38. The Bertz CT molecular complexity index is 811. The molecule has 0 aromatic heterocycles. The smallest absolute Gasteiger partial charge is 0.344 e. The number of imide groups is 1. The van der Waals surface area contributed by atoms with E-state index in [-0.39, 0.29) is 28.9 Å². The second kappa shape index (κ2) is 8.27. The van der Waals surface area contributed by atoms with Crippen LogP contribution in [0.25, 0.3) is 0 Å². The number of esters is 1. The zero-order valence-electron chi connectivity index (χ0n) is 14.2. The van der Waals surface area contributed by atoms with Crippen LogP contribution in [-0.2, 0) is 19.1 Å². The van der Waals surface area contributed by atoms with E-state index in [4.69, 9.17) is 32.7 Å². The monoisotopic (exact) mass is 415 g/mol. The van der Waals surface area contributed by atoms with Crippen LogP contribution in [0.1, 0.15) is 25.7 Å². The minimum absolute atomic E-state index is 0.0279. The van der Waals surface area contributed by atoms with Gasteiger partial charge in [0.2, 0.25) is 0 Å². The summed E-state index contributed by atoms with van der Waals surface area (Å²) >= 11 is 11.4. The first-order valence-corrected chi connectivity index (χ1v) is 9.29. The van der Waals surface area contributed by atoms with Gasteiger partial charge >= 0.3 is 5.97 Å². The third kappa shape index (κ3) is 3.94. The highest BCUT2D eigenvalue weighted by molar-refractivity contribution is 6.34. The molecule has 0 fully saturated rings. The second-order valence-electron chi connectivity index (χ2n) is 6.04. The molecule has 9 heteroatoms. The van der Waals surface area contributed by atoms with Gasteiger partial charge in [-0.3, -0.25) is 9.59 Å². The van der Waals surface area contributed by atoms with Crippen LogP contribution in [0.3, 0.4) is 0 Å². The normalized spacial score (nSPS) is 16.6. The summed E-state index contributed by atoms with van der Waals surface area (Å²) in [4.78, 5) is 37.5. The summed E-state index contributed by atoms with van der Waals surface area (Å²) in [6.07, 6.45) is 2.63. The van der Waals surface area contributed by atoms with E-state index in [1.54, 1.807) is 0 Å². The van der Waals surface area contributed by atoms with Crippen LogP contribution in [0.5, 0.6) is 5.75 Å². The summed E-state index contributed by atoms with van der Waals surface area (Å²) in [5.41, 5.74) is 0.619. The molecule has 0 saturated carbocycles. The number of carbonyl (C=O) groups excluding carboxylic acids is 3. The Morgan fingerprint density at radius 2 is 1.78 bits per heavy atom. The SMILES string of the molecule is O=C(COc1cc(N2C(=O)C3=C(CCCC3)C2=O)c(F)cc1Cl)OCCCl. The number of carbonyl (C=O) groups is 3. The van der Waals surface area contributed by atoms with E-state index in [2.05, 4.69) is 0 Å². The largest absolute Gasteiger partial charge is 0.480 e. The number of hydrogen-bond acceptors (Lipinski definition) is 5. The van der Waals surface area contributed by atoms with Gasteiger partial charge < -0.3 is 9.47 Å². The Morgan fingerprint density at radius 1 is 1.15 bits per heavy atom. The molecule has 0 atom stereocenters. The molecule has 2 amide bonds. The maximum absolute atomic E-state index is 14.5. The number of rotatable bonds is 6. The van der Waals surface area contributed by atoms with Crippen molar-refractivity contribution in [3.63, 3.8) is 0 Å². The molecule has 6 nitrogen and oxygen atoms in total. The molecule has 27 heavy (non-hydrogen) atoms. The van der Waals surface area contributed by atoms with Crippen LogP contribution in [-0.4, -0.2) is 36.9 Å². The van der Waals surface area contributed by atoms with Crippen molar-refractivity contribution in [2.24, 2.45) is 0 Å². The van der Waals surface area contributed by atoms with Crippen molar-refractivity contribution in [1.29, 1.82) is 0 Å². The van der Waals surface area contributed by atoms with Crippen LogP contribution < -0.4 is 9.64 Å². The summed E-state index contributed by atoms with van der Waals surface area (Å²) in [5.74, 6) is -2.46. The molecule has 1 aromatic carbocycles. The highest BCUT2D eigenvalue weighted by atomic mass is 35.5. The van der Waals surface area contributed by atoms with Crippen LogP contribution in [0, 0.1) is 5.82 Å². The Morgan fingerprint density at radius 3 is 2.37 bits per heavy atom. The molecule has 0 saturated heterocycles. The van der Waals surface area contributed by atoms with E-state index in [0.717, 1.165) is 29.9 Å². The zero-order chi connectivity index (χ0) is 19.6. The third-order valence-corrected chi connectivity index (χ3v) is 4.77. The Kier molecular flexibility index (Phi) is 6.01. The van der Waals surface area contributed by atoms with E-state index in [9.17, 15) is 18.8 Å². The summed E-state index contributed by atoms with van der Waals surface area (Å²) in [7, 11) is 0. The number of anilines is 1. The molecule has 3 rings (SSSR count). The van der Waals surface area contributed by atoms with Gasteiger partial charge in [-0.1, -0.05) is 11.6 Å². The van der Waals surface area contributed by atoms with Crippen LogP contribution >= 0.6 is 23.2 Å². The van der Waals surface area contributed by atoms with Crippen molar-refractivity contribution in [2.75, 3.05) is 24.0 Å². The first-order valence-electron chi connectivity index (χ1n) is 8.38. The van der Waals surface area contributed by atoms with E-state index < -0.39 is 30.2 Å². The molecule has 144 valence electrons. The standard InChI is InChI=1S/C18H16Cl2FNO5/c19-5-6-26-16(23)9-27-15-8-14(13(21)7-12(15)20)22-17(24)10-3-1-2-4-11(10)18(22)25/h7-8H,1-6,9H2. The third-order valence-electron chi connectivity index (χ3n) is 4.32. The molecule has 0 radical (unpaired) electrons. The fourth-order valence-corrected chi connectivity index (χ4v) is 3.37. The number of alkyl halides is 1. The van der Waals surface area contributed by atoms with Crippen molar-refractivity contribution >= 4 is 46.7 Å². The average Bonchev–Trinajstić information content (AvgIpc) is 2.91.